The van der Waals surface area contributed by atoms with Crippen LogP contribution in [0.1, 0.15) is 87.2 Å². The van der Waals surface area contributed by atoms with Gasteiger partial charge in [0.05, 0.1) is 0 Å². The lowest BCUT2D eigenvalue weighted by molar-refractivity contribution is -0.162. The summed E-state index contributed by atoms with van der Waals surface area (Å²) in [5, 5.41) is 0. The highest BCUT2D eigenvalue weighted by Crippen LogP contribution is 2.40. The third-order valence-corrected chi connectivity index (χ3v) is 7.94. The first-order chi connectivity index (χ1) is 17.0. The Morgan fingerprint density at radius 1 is 0.657 bits per heavy atom. The molecular formula is C28H32Br2O5. The molecule has 4 rings (SSSR count). The van der Waals surface area contributed by atoms with E-state index in [2.05, 4.69) is 44.0 Å². The van der Waals surface area contributed by atoms with E-state index in [1.165, 1.54) is 38.5 Å². The van der Waals surface area contributed by atoms with Crippen molar-refractivity contribution in [1.82, 2.24) is 0 Å². The predicted octanol–water partition coefficient (Wildman–Crippen LogP) is 7.83. The van der Waals surface area contributed by atoms with Gasteiger partial charge in [0.2, 0.25) is 0 Å². The van der Waals surface area contributed by atoms with E-state index >= 15 is 0 Å². The number of benzene rings is 2. The van der Waals surface area contributed by atoms with Crippen molar-refractivity contribution in [3.63, 3.8) is 0 Å². The number of rotatable bonds is 8. The van der Waals surface area contributed by atoms with Crippen molar-refractivity contribution in [1.29, 1.82) is 0 Å². The molecule has 2 fully saturated rings. The first-order valence-corrected chi connectivity index (χ1v) is 14.2. The van der Waals surface area contributed by atoms with Crippen LogP contribution < -0.4 is 9.47 Å². The van der Waals surface area contributed by atoms with E-state index < -0.39 is 11.9 Å². The summed E-state index contributed by atoms with van der Waals surface area (Å²) in [6, 6.07) is 11.7. The lowest BCUT2D eigenvalue weighted by atomic mass is 9.84. The van der Waals surface area contributed by atoms with Gasteiger partial charge in [-0.25, -0.2) is 9.59 Å². The van der Waals surface area contributed by atoms with E-state index in [1.807, 2.05) is 24.3 Å². The van der Waals surface area contributed by atoms with E-state index in [1.54, 1.807) is 0 Å². The highest BCUT2D eigenvalue weighted by molar-refractivity contribution is 9.10. The number of ether oxygens (including phenoxy) is 3. The lowest BCUT2D eigenvalue weighted by Crippen LogP contribution is -2.24. The van der Waals surface area contributed by atoms with Gasteiger partial charge < -0.3 is 14.2 Å². The van der Waals surface area contributed by atoms with Crippen LogP contribution in [0.5, 0.6) is 11.5 Å². The van der Waals surface area contributed by atoms with Gasteiger partial charge in [-0.1, -0.05) is 70.4 Å². The van der Waals surface area contributed by atoms with Crippen LogP contribution in [0.3, 0.4) is 0 Å². The fourth-order valence-corrected chi connectivity index (χ4v) is 5.98. The van der Waals surface area contributed by atoms with Crippen molar-refractivity contribution < 1.29 is 23.8 Å². The lowest BCUT2D eigenvalue weighted by Gasteiger charge is -2.24. The second kappa shape index (κ2) is 12.9. The maximum Gasteiger partial charge on any atom is 0.351 e. The number of carbonyl (C=O) groups excluding carboxylic acids is 2. The molecule has 0 bridgehead atoms. The standard InChI is InChI=1S/C28H32Br2O5/c29-21-11-13-25(23(15-21)19-7-3-1-4-8-19)33-17-27(31)35-28(32)18-34-26-14-12-22(30)16-24(26)20-9-5-2-6-10-20/h11-16,19-20H,1-10,17-18H2. The number of hydrogen-bond donors (Lipinski definition) is 0. The molecule has 0 N–H and O–H groups in total. The number of halogens is 2. The smallest absolute Gasteiger partial charge is 0.351 e. The van der Waals surface area contributed by atoms with Crippen LogP contribution in [-0.4, -0.2) is 25.2 Å². The van der Waals surface area contributed by atoms with E-state index in [4.69, 9.17) is 14.2 Å². The van der Waals surface area contributed by atoms with E-state index in [-0.39, 0.29) is 13.2 Å². The van der Waals surface area contributed by atoms with Gasteiger partial charge >= 0.3 is 11.9 Å². The van der Waals surface area contributed by atoms with E-state index in [9.17, 15) is 9.59 Å². The fourth-order valence-electron chi connectivity index (χ4n) is 5.23. The summed E-state index contributed by atoms with van der Waals surface area (Å²) in [7, 11) is 0. The van der Waals surface area contributed by atoms with Gasteiger partial charge in [0.1, 0.15) is 11.5 Å². The molecule has 2 saturated carbocycles. The largest absolute Gasteiger partial charge is 0.482 e. The van der Waals surface area contributed by atoms with Gasteiger partial charge in [-0.15, -0.1) is 0 Å². The van der Waals surface area contributed by atoms with Gasteiger partial charge in [-0.3, -0.25) is 0 Å². The zero-order valence-corrected chi connectivity index (χ0v) is 23.1. The minimum atomic E-state index is -0.723. The Labute approximate surface area is 224 Å². The Morgan fingerprint density at radius 3 is 1.46 bits per heavy atom. The summed E-state index contributed by atoms with van der Waals surface area (Å²) in [6.07, 6.45) is 11.8. The zero-order valence-electron chi connectivity index (χ0n) is 19.9. The van der Waals surface area contributed by atoms with E-state index in [0.29, 0.717) is 23.3 Å². The molecule has 0 amide bonds. The summed E-state index contributed by atoms with van der Waals surface area (Å²) in [4.78, 5) is 24.6. The highest BCUT2D eigenvalue weighted by atomic mass is 79.9. The SMILES string of the molecule is O=C(COc1ccc(Br)cc1C1CCCCC1)OC(=O)COc1ccc(Br)cc1C1CCCCC1. The first-order valence-electron chi connectivity index (χ1n) is 12.6. The maximum atomic E-state index is 12.3. The summed E-state index contributed by atoms with van der Waals surface area (Å²) in [5.41, 5.74) is 2.21. The average Bonchev–Trinajstić information content (AvgIpc) is 2.88. The van der Waals surface area contributed by atoms with Crippen molar-refractivity contribution in [3.05, 3.63) is 56.5 Å². The number of hydrogen-bond acceptors (Lipinski definition) is 5. The summed E-state index contributed by atoms with van der Waals surface area (Å²) >= 11 is 7.08. The number of carbonyl (C=O) groups is 2. The second-order valence-electron chi connectivity index (χ2n) is 9.46. The Kier molecular flexibility index (Phi) is 9.67. The monoisotopic (exact) mass is 606 g/mol. The molecular weight excluding hydrogens is 576 g/mol. The molecule has 0 unspecified atom stereocenters. The van der Waals surface area contributed by atoms with Crippen LogP contribution in [-0.2, 0) is 14.3 Å². The quantitative estimate of drug-likeness (QED) is 0.226. The molecule has 0 atom stereocenters. The van der Waals surface area contributed by atoms with Crippen molar-refractivity contribution in [2.45, 2.75) is 76.0 Å². The number of esters is 2. The highest BCUT2D eigenvalue weighted by Gasteiger charge is 2.22. The molecule has 0 radical (unpaired) electrons. The molecule has 2 aliphatic rings. The summed E-state index contributed by atoms with van der Waals surface area (Å²) in [5.74, 6) is 0.748. The van der Waals surface area contributed by atoms with Gasteiger partial charge in [0.25, 0.3) is 0 Å². The summed E-state index contributed by atoms with van der Waals surface area (Å²) in [6.45, 7) is -0.641. The van der Waals surface area contributed by atoms with Crippen molar-refractivity contribution in [3.8, 4) is 11.5 Å². The first kappa shape index (κ1) is 26.2. The van der Waals surface area contributed by atoms with Crippen LogP contribution in [0.25, 0.3) is 0 Å². The van der Waals surface area contributed by atoms with Crippen LogP contribution in [0, 0.1) is 0 Å². The molecule has 188 valence electrons. The van der Waals surface area contributed by atoms with Gasteiger partial charge in [0.15, 0.2) is 13.2 Å². The topological polar surface area (TPSA) is 61.8 Å². The molecule has 2 aromatic carbocycles. The molecule has 35 heavy (non-hydrogen) atoms. The van der Waals surface area contributed by atoms with E-state index in [0.717, 1.165) is 45.8 Å². The second-order valence-corrected chi connectivity index (χ2v) is 11.3. The van der Waals surface area contributed by atoms with Gasteiger partial charge in [-0.05, 0) is 85.0 Å². The van der Waals surface area contributed by atoms with Crippen molar-refractivity contribution >= 4 is 43.8 Å². The predicted molar refractivity (Wildman–Crippen MR) is 142 cm³/mol. The Bertz CT molecular complexity index is 945. The maximum absolute atomic E-state index is 12.3. The molecule has 0 aromatic heterocycles. The van der Waals surface area contributed by atoms with Crippen molar-refractivity contribution in [2.24, 2.45) is 0 Å². The van der Waals surface area contributed by atoms with Crippen LogP contribution in [0.2, 0.25) is 0 Å². The Hall–Kier alpha value is -1.86. The molecule has 0 aliphatic heterocycles. The van der Waals surface area contributed by atoms with Crippen LogP contribution >= 0.6 is 31.9 Å². The van der Waals surface area contributed by atoms with Crippen LogP contribution in [0.4, 0.5) is 0 Å². The summed E-state index contributed by atoms with van der Waals surface area (Å²) < 4.78 is 18.5. The van der Waals surface area contributed by atoms with Gasteiger partial charge in [-0.2, -0.15) is 0 Å². The Balaban J connectivity index is 1.30. The molecule has 0 spiro atoms. The minimum Gasteiger partial charge on any atom is -0.482 e. The third kappa shape index (κ3) is 7.56. The molecule has 7 heteroatoms. The molecule has 2 aromatic rings. The molecule has 0 saturated heterocycles. The molecule has 2 aliphatic carbocycles. The fraction of sp³-hybridized carbons (Fsp3) is 0.500. The molecule has 0 heterocycles. The Morgan fingerprint density at radius 2 is 1.06 bits per heavy atom. The van der Waals surface area contributed by atoms with Gasteiger partial charge in [0, 0.05) is 8.95 Å². The van der Waals surface area contributed by atoms with Crippen LogP contribution in [0.15, 0.2) is 45.3 Å². The average molecular weight is 608 g/mol. The van der Waals surface area contributed by atoms with Crippen molar-refractivity contribution in [2.75, 3.05) is 13.2 Å². The molecule has 5 nitrogen and oxygen atoms in total. The normalized spacial score (nSPS) is 17.1. The minimum absolute atomic E-state index is 0.321. The zero-order chi connectivity index (χ0) is 24.6. The third-order valence-electron chi connectivity index (χ3n) is 6.95.